The van der Waals surface area contributed by atoms with Crippen LogP contribution in [0.5, 0.6) is 0 Å². The van der Waals surface area contributed by atoms with Gasteiger partial charge in [0.05, 0.1) is 0 Å². The Morgan fingerprint density at radius 3 is 2.11 bits per heavy atom. The van der Waals surface area contributed by atoms with Gasteiger partial charge in [-0.25, -0.2) is 4.98 Å². The molecule has 1 heterocycles. The first-order chi connectivity index (χ1) is 13.0. The number of amides is 2. The van der Waals surface area contributed by atoms with Gasteiger partial charge in [0.2, 0.25) is 0 Å². The molecule has 2 amide bonds. The first-order valence-electron chi connectivity index (χ1n) is 9.63. The van der Waals surface area contributed by atoms with E-state index in [0.717, 1.165) is 12.8 Å². The molecule has 5 nitrogen and oxygen atoms in total. The molecule has 144 valence electrons. The van der Waals surface area contributed by atoms with Gasteiger partial charge in [-0.15, -0.1) is 0 Å². The van der Waals surface area contributed by atoms with E-state index in [4.69, 9.17) is 0 Å². The normalized spacial score (nSPS) is 10.7. The largest absolute Gasteiger partial charge is 0.337 e. The minimum absolute atomic E-state index is 0.130. The summed E-state index contributed by atoms with van der Waals surface area (Å²) in [6.45, 7) is 9.70. The van der Waals surface area contributed by atoms with E-state index >= 15 is 0 Å². The number of benzene rings is 1. The molecule has 2 rings (SSSR count). The van der Waals surface area contributed by atoms with Crippen molar-refractivity contribution < 1.29 is 9.59 Å². The van der Waals surface area contributed by atoms with E-state index in [1.165, 1.54) is 5.56 Å². The quantitative estimate of drug-likeness (QED) is 0.734. The van der Waals surface area contributed by atoms with Crippen LogP contribution in [-0.4, -0.2) is 34.8 Å². The Labute approximate surface area is 161 Å². The van der Waals surface area contributed by atoms with E-state index in [2.05, 4.69) is 24.1 Å². The molecule has 27 heavy (non-hydrogen) atoms. The fourth-order valence-electron chi connectivity index (χ4n) is 2.84. The van der Waals surface area contributed by atoms with E-state index < -0.39 is 0 Å². The lowest BCUT2D eigenvalue weighted by Gasteiger charge is -2.21. The zero-order valence-corrected chi connectivity index (χ0v) is 16.7. The minimum atomic E-state index is -0.320. The maximum absolute atomic E-state index is 12.7. The first kappa shape index (κ1) is 20.6. The number of carbonyl (C=O) groups excluding carboxylic acids is 2. The molecule has 0 saturated heterocycles. The lowest BCUT2D eigenvalue weighted by molar-refractivity contribution is 0.0749. The summed E-state index contributed by atoms with van der Waals surface area (Å²) in [5, 5.41) is 2.84. The predicted molar refractivity (Wildman–Crippen MR) is 109 cm³/mol. The maximum Gasteiger partial charge on any atom is 0.274 e. The number of pyridine rings is 1. The average molecular weight is 367 g/mol. The second-order valence-electron chi connectivity index (χ2n) is 6.93. The molecule has 0 unspecified atom stereocenters. The van der Waals surface area contributed by atoms with Crippen molar-refractivity contribution in [3.63, 3.8) is 0 Å². The van der Waals surface area contributed by atoms with Gasteiger partial charge in [0, 0.05) is 18.8 Å². The van der Waals surface area contributed by atoms with Crippen LogP contribution in [-0.2, 0) is 0 Å². The van der Waals surface area contributed by atoms with Gasteiger partial charge in [-0.2, -0.15) is 0 Å². The number of aromatic nitrogens is 1. The molecule has 2 aromatic rings. The maximum atomic E-state index is 12.7. The highest BCUT2D eigenvalue weighted by molar-refractivity contribution is 6.03. The van der Waals surface area contributed by atoms with Gasteiger partial charge in [0.25, 0.3) is 11.8 Å². The summed E-state index contributed by atoms with van der Waals surface area (Å²) in [6, 6.07) is 12.8. The summed E-state index contributed by atoms with van der Waals surface area (Å²) >= 11 is 0. The van der Waals surface area contributed by atoms with Gasteiger partial charge in [0.1, 0.15) is 11.4 Å². The SMILES string of the molecule is CCCN(CCC)C(=O)c1cccc(C(=O)Nc2ccc(C(C)C)cc2)n1. The molecule has 0 aliphatic rings. The Balaban J connectivity index is 2.13. The summed E-state index contributed by atoms with van der Waals surface area (Å²) in [7, 11) is 0. The number of rotatable bonds is 8. The Hall–Kier alpha value is -2.69. The minimum Gasteiger partial charge on any atom is -0.337 e. The highest BCUT2D eigenvalue weighted by Gasteiger charge is 2.17. The van der Waals surface area contributed by atoms with E-state index in [0.29, 0.717) is 30.4 Å². The smallest absolute Gasteiger partial charge is 0.274 e. The van der Waals surface area contributed by atoms with E-state index in [-0.39, 0.29) is 17.5 Å². The Morgan fingerprint density at radius 2 is 1.56 bits per heavy atom. The van der Waals surface area contributed by atoms with Crippen molar-refractivity contribution in [3.8, 4) is 0 Å². The van der Waals surface area contributed by atoms with Crippen LogP contribution in [0.1, 0.15) is 73.0 Å². The fourth-order valence-corrected chi connectivity index (χ4v) is 2.84. The van der Waals surface area contributed by atoms with Crippen LogP contribution < -0.4 is 5.32 Å². The van der Waals surface area contributed by atoms with Crippen molar-refractivity contribution >= 4 is 17.5 Å². The molecule has 0 saturated carbocycles. The number of nitrogens with zero attached hydrogens (tertiary/aromatic N) is 2. The second-order valence-corrected chi connectivity index (χ2v) is 6.93. The van der Waals surface area contributed by atoms with Crippen LogP contribution in [0, 0.1) is 0 Å². The third kappa shape index (κ3) is 5.64. The topological polar surface area (TPSA) is 62.3 Å². The third-order valence-corrected chi connectivity index (χ3v) is 4.31. The lowest BCUT2D eigenvalue weighted by atomic mass is 10.0. The summed E-state index contributed by atoms with van der Waals surface area (Å²) in [5.41, 5.74) is 2.47. The average Bonchev–Trinajstić information content (AvgIpc) is 2.67. The molecular weight excluding hydrogens is 338 g/mol. The van der Waals surface area contributed by atoms with Gasteiger partial charge >= 0.3 is 0 Å². The Bertz CT molecular complexity index is 763. The Morgan fingerprint density at radius 1 is 0.963 bits per heavy atom. The molecule has 0 aliphatic heterocycles. The molecule has 0 atom stereocenters. The summed E-state index contributed by atoms with van der Waals surface area (Å²) in [6.07, 6.45) is 1.77. The van der Waals surface area contributed by atoms with Crippen LogP contribution in [0.4, 0.5) is 5.69 Å². The number of carbonyl (C=O) groups is 2. The molecule has 1 N–H and O–H groups in total. The fraction of sp³-hybridized carbons (Fsp3) is 0.409. The zero-order chi connectivity index (χ0) is 19.8. The van der Waals surface area contributed by atoms with Crippen molar-refractivity contribution in [2.75, 3.05) is 18.4 Å². The molecule has 0 aliphatic carbocycles. The Kier molecular flexibility index (Phi) is 7.53. The van der Waals surface area contributed by atoms with Gasteiger partial charge in [-0.1, -0.05) is 45.9 Å². The standard InChI is InChI=1S/C22H29N3O2/c1-5-14-25(15-6-2)22(27)20-9-7-8-19(24-20)21(26)23-18-12-10-17(11-13-18)16(3)4/h7-13,16H,5-6,14-15H2,1-4H3,(H,23,26). The van der Waals surface area contributed by atoms with E-state index in [1.54, 1.807) is 23.1 Å². The van der Waals surface area contributed by atoms with Crippen molar-refractivity contribution in [1.29, 1.82) is 0 Å². The van der Waals surface area contributed by atoms with E-state index in [9.17, 15) is 9.59 Å². The van der Waals surface area contributed by atoms with Crippen LogP contribution in [0.3, 0.4) is 0 Å². The molecular formula is C22H29N3O2. The van der Waals surface area contributed by atoms with Crippen molar-refractivity contribution in [3.05, 3.63) is 59.4 Å². The summed E-state index contributed by atoms with van der Waals surface area (Å²) < 4.78 is 0. The molecule has 1 aromatic carbocycles. The number of hydrogen-bond acceptors (Lipinski definition) is 3. The lowest BCUT2D eigenvalue weighted by Crippen LogP contribution is -2.33. The molecule has 0 bridgehead atoms. The molecule has 0 radical (unpaired) electrons. The van der Waals surface area contributed by atoms with Crippen LogP contribution in [0.2, 0.25) is 0 Å². The summed E-state index contributed by atoms with van der Waals surface area (Å²) in [4.78, 5) is 31.3. The highest BCUT2D eigenvalue weighted by atomic mass is 16.2. The van der Waals surface area contributed by atoms with Gasteiger partial charge in [-0.05, 0) is 48.6 Å². The highest BCUT2D eigenvalue weighted by Crippen LogP contribution is 2.17. The molecule has 0 spiro atoms. The molecule has 5 heteroatoms. The van der Waals surface area contributed by atoms with E-state index in [1.807, 2.05) is 38.1 Å². The van der Waals surface area contributed by atoms with Crippen molar-refractivity contribution in [2.45, 2.75) is 46.5 Å². The monoisotopic (exact) mass is 367 g/mol. The van der Waals surface area contributed by atoms with Crippen LogP contribution in [0.15, 0.2) is 42.5 Å². The second kappa shape index (κ2) is 9.86. The number of nitrogens with one attached hydrogen (secondary N) is 1. The van der Waals surface area contributed by atoms with Gasteiger partial charge in [0.15, 0.2) is 0 Å². The van der Waals surface area contributed by atoms with Crippen molar-refractivity contribution in [1.82, 2.24) is 9.88 Å². The van der Waals surface area contributed by atoms with Crippen LogP contribution in [0.25, 0.3) is 0 Å². The first-order valence-corrected chi connectivity index (χ1v) is 9.63. The molecule has 0 fully saturated rings. The third-order valence-electron chi connectivity index (χ3n) is 4.31. The zero-order valence-electron chi connectivity index (χ0n) is 16.7. The van der Waals surface area contributed by atoms with Crippen LogP contribution >= 0.6 is 0 Å². The number of hydrogen-bond donors (Lipinski definition) is 1. The molecule has 1 aromatic heterocycles. The van der Waals surface area contributed by atoms with Crippen molar-refractivity contribution in [2.24, 2.45) is 0 Å². The summed E-state index contributed by atoms with van der Waals surface area (Å²) in [5.74, 6) is -0.0117. The number of anilines is 1. The van der Waals surface area contributed by atoms with Gasteiger partial charge in [-0.3, -0.25) is 9.59 Å². The predicted octanol–water partition coefficient (Wildman–Crippen LogP) is 4.72. The van der Waals surface area contributed by atoms with Gasteiger partial charge < -0.3 is 10.2 Å².